The van der Waals surface area contributed by atoms with Gasteiger partial charge in [-0.15, -0.1) is 0 Å². The third-order valence-electron chi connectivity index (χ3n) is 5.02. The highest BCUT2D eigenvalue weighted by molar-refractivity contribution is 6.30. The molecule has 0 N–H and O–H groups in total. The Labute approximate surface area is 131 Å². The zero-order valence-electron chi connectivity index (χ0n) is 12.1. The Morgan fingerprint density at radius 2 is 1.90 bits per heavy atom. The van der Waals surface area contributed by atoms with Crippen molar-refractivity contribution in [3.63, 3.8) is 0 Å². The molecule has 2 aromatic rings. The fourth-order valence-corrected chi connectivity index (χ4v) is 4.23. The molecule has 4 rings (SSSR count). The van der Waals surface area contributed by atoms with E-state index in [0.717, 1.165) is 17.5 Å². The lowest BCUT2D eigenvalue weighted by molar-refractivity contribution is 0.197. The van der Waals surface area contributed by atoms with Gasteiger partial charge in [0.05, 0.1) is 0 Å². The minimum Gasteiger partial charge on any atom is -0.292 e. The quantitative estimate of drug-likeness (QED) is 0.739. The van der Waals surface area contributed by atoms with E-state index in [0.29, 0.717) is 6.04 Å². The van der Waals surface area contributed by atoms with Gasteiger partial charge in [-0.05, 0) is 60.5 Å². The van der Waals surface area contributed by atoms with E-state index >= 15 is 0 Å². The molecule has 1 fully saturated rings. The molecular formula is C19H20ClN. The molecule has 21 heavy (non-hydrogen) atoms. The average molecular weight is 298 g/mol. The van der Waals surface area contributed by atoms with Crippen molar-refractivity contribution in [1.29, 1.82) is 0 Å². The fourth-order valence-electron chi connectivity index (χ4n) is 4.05. The minimum atomic E-state index is 0.548. The predicted molar refractivity (Wildman–Crippen MR) is 87.6 cm³/mol. The van der Waals surface area contributed by atoms with Crippen LogP contribution in [0.1, 0.15) is 47.9 Å². The third kappa shape index (κ3) is 2.49. The second-order valence-corrected chi connectivity index (χ2v) is 6.76. The lowest BCUT2D eigenvalue weighted by Gasteiger charge is -2.29. The highest BCUT2D eigenvalue weighted by Crippen LogP contribution is 2.48. The van der Waals surface area contributed by atoms with E-state index in [4.69, 9.17) is 11.6 Å². The summed E-state index contributed by atoms with van der Waals surface area (Å²) in [4.78, 5) is 2.65. The highest BCUT2D eigenvalue weighted by atomic mass is 35.5. The number of halogens is 1. The Morgan fingerprint density at radius 3 is 2.76 bits per heavy atom. The number of benzene rings is 2. The van der Waals surface area contributed by atoms with Crippen molar-refractivity contribution in [3.8, 4) is 0 Å². The number of rotatable bonds is 2. The van der Waals surface area contributed by atoms with Crippen LogP contribution in [-0.2, 0) is 6.54 Å². The highest BCUT2D eigenvalue weighted by Gasteiger charge is 2.36. The van der Waals surface area contributed by atoms with E-state index in [1.807, 2.05) is 0 Å². The van der Waals surface area contributed by atoms with Gasteiger partial charge in [0.2, 0.25) is 0 Å². The SMILES string of the molecule is Clc1ccc2c(c1)C1CC2CCCN1Cc1ccccc1. The molecule has 1 nitrogen and oxygen atoms in total. The normalized spacial score (nSPS) is 24.6. The van der Waals surface area contributed by atoms with E-state index in [1.54, 1.807) is 5.56 Å². The van der Waals surface area contributed by atoms with Crippen LogP contribution in [0, 0.1) is 0 Å². The molecule has 2 bridgehead atoms. The van der Waals surface area contributed by atoms with E-state index in [9.17, 15) is 0 Å². The van der Waals surface area contributed by atoms with Gasteiger partial charge in [0, 0.05) is 17.6 Å². The van der Waals surface area contributed by atoms with Crippen LogP contribution in [0.5, 0.6) is 0 Å². The molecule has 2 aromatic carbocycles. The van der Waals surface area contributed by atoms with Crippen LogP contribution in [0.15, 0.2) is 48.5 Å². The van der Waals surface area contributed by atoms with Crippen molar-refractivity contribution in [2.24, 2.45) is 0 Å². The van der Waals surface area contributed by atoms with Gasteiger partial charge in [-0.2, -0.15) is 0 Å². The Balaban J connectivity index is 1.67. The van der Waals surface area contributed by atoms with Crippen molar-refractivity contribution in [1.82, 2.24) is 4.90 Å². The number of hydrogen-bond acceptors (Lipinski definition) is 1. The summed E-state index contributed by atoms with van der Waals surface area (Å²) < 4.78 is 0. The smallest absolute Gasteiger partial charge is 0.0409 e. The largest absolute Gasteiger partial charge is 0.292 e. The molecule has 0 saturated carbocycles. The van der Waals surface area contributed by atoms with Crippen LogP contribution < -0.4 is 0 Å². The third-order valence-corrected chi connectivity index (χ3v) is 5.26. The number of fused-ring (bicyclic) bond motifs is 5. The van der Waals surface area contributed by atoms with Gasteiger partial charge < -0.3 is 0 Å². The molecule has 2 aliphatic rings. The van der Waals surface area contributed by atoms with Crippen molar-refractivity contribution >= 4 is 11.6 Å². The molecule has 108 valence electrons. The fraction of sp³-hybridized carbons (Fsp3) is 0.368. The first-order valence-corrected chi connectivity index (χ1v) is 8.26. The van der Waals surface area contributed by atoms with E-state index in [1.165, 1.54) is 36.9 Å². The van der Waals surface area contributed by atoms with Crippen LogP contribution in [0.4, 0.5) is 0 Å². The van der Waals surface area contributed by atoms with Crippen molar-refractivity contribution in [3.05, 3.63) is 70.2 Å². The van der Waals surface area contributed by atoms with Gasteiger partial charge in [-0.3, -0.25) is 4.90 Å². The zero-order valence-corrected chi connectivity index (χ0v) is 12.9. The molecule has 2 unspecified atom stereocenters. The lowest BCUT2D eigenvalue weighted by atomic mass is 9.96. The lowest BCUT2D eigenvalue weighted by Crippen LogP contribution is -2.27. The molecule has 0 amide bonds. The second kappa shape index (κ2) is 5.47. The molecule has 0 spiro atoms. The zero-order chi connectivity index (χ0) is 14.2. The average Bonchev–Trinajstić information content (AvgIpc) is 2.71. The summed E-state index contributed by atoms with van der Waals surface area (Å²) in [6.45, 7) is 2.24. The maximum atomic E-state index is 6.24. The molecule has 2 heteroatoms. The van der Waals surface area contributed by atoms with E-state index in [2.05, 4.69) is 53.4 Å². The maximum absolute atomic E-state index is 6.24. The molecule has 0 radical (unpaired) electrons. The van der Waals surface area contributed by atoms with Crippen molar-refractivity contribution in [2.45, 2.75) is 37.8 Å². The summed E-state index contributed by atoms with van der Waals surface area (Å²) in [7, 11) is 0. The molecule has 1 saturated heterocycles. The first-order valence-electron chi connectivity index (χ1n) is 7.88. The van der Waals surface area contributed by atoms with Gasteiger partial charge >= 0.3 is 0 Å². The van der Waals surface area contributed by atoms with Crippen LogP contribution in [0.3, 0.4) is 0 Å². The number of hydrogen-bond donors (Lipinski definition) is 0. The molecule has 1 aliphatic carbocycles. The van der Waals surface area contributed by atoms with Crippen molar-refractivity contribution < 1.29 is 0 Å². The van der Waals surface area contributed by atoms with Gasteiger partial charge in [0.15, 0.2) is 0 Å². The van der Waals surface area contributed by atoms with Gasteiger partial charge in [-0.1, -0.05) is 48.0 Å². The van der Waals surface area contributed by atoms with Crippen LogP contribution >= 0.6 is 11.6 Å². The topological polar surface area (TPSA) is 3.24 Å². The summed E-state index contributed by atoms with van der Waals surface area (Å²) in [6, 6.07) is 17.9. The summed E-state index contributed by atoms with van der Waals surface area (Å²) in [5, 5.41) is 0.875. The van der Waals surface area contributed by atoms with E-state index in [-0.39, 0.29) is 0 Å². The van der Waals surface area contributed by atoms with Gasteiger partial charge in [-0.25, -0.2) is 0 Å². The Hall–Kier alpha value is -1.31. The second-order valence-electron chi connectivity index (χ2n) is 6.32. The monoisotopic (exact) mass is 297 g/mol. The molecule has 2 atom stereocenters. The molecular weight excluding hydrogens is 278 g/mol. The number of nitrogens with zero attached hydrogens (tertiary/aromatic N) is 1. The van der Waals surface area contributed by atoms with Crippen LogP contribution in [0.25, 0.3) is 0 Å². The van der Waals surface area contributed by atoms with Gasteiger partial charge in [0.25, 0.3) is 0 Å². The summed E-state index contributed by atoms with van der Waals surface area (Å²) in [5.41, 5.74) is 4.43. The maximum Gasteiger partial charge on any atom is 0.0409 e. The van der Waals surface area contributed by atoms with Crippen LogP contribution in [0.2, 0.25) is 5.02 Å². The molecule has 1 aliphatic heterocycles. The Bertz CT molecular complexity index is 637. The van der Waals surface area contributed by atoms with Crippen molar-refractivity contribution in [2.75, 3.05) is 6.54 Å². The first-order chi connectivity index (χ1) is 10.3. The molecule has 1 heterocycles. The summed E-state index contributed by atoms with van der Waals surface area (Å²) in [5.74, 6) is 0.739. The Morgan fingerprint density at radius 1 is 1.05 bits per heavy atom. The number of likely N-dealkylation sites (tertiary alicyclic amines) is 1. The summed E-state index contributed by atoms with van der Waals surface area (Å²) in [6.07, 6.45) is 3.88. The van der Waals surface area contributed by atoms with Gasteiger partial charge in [0.1, 0.15) is 0 Å². The first kappa shape index (κ1) is 13.4. The summed E-state index contributed by atoms with van der Waals surface area (Å²) >= 11 is 6.24. The van der Waals surface area contributed by atoms with E-state index < -0.39 is 0 Å². The molecule has 0 aromatic heterocycles. The van der Waals surface area contributed by atoms with Crippen LogP contribution in [-0.4, -0.2) is 11.4 Å². The Kier molecular flexibility index (Phi) is 3.48. The minimum absolute atomic E-state index is 0.548. The standard InChI is InChI=1S/C19H20ClN/c20-16-8-9-17-15-7-4-10-21(19(11-15)18(17)12-16)13-14-5-2-1-3-6-14/h1-3,5-6,8-9,12,15,19H,4,7,10-11,13H2. The predicted octanol–water partition coefficient (Wildman–Crippen LogP) is 5.16.